The van der Waals surface area contributed by atoms with Crippen molar-refractivity contribution in [2.24, 2.45) is 0 Å². The third-order valence-electron chi connectivity index (χ3n) is 2.67. The quantitative estimate of drug-likeness (QED) is 0.285. The predicted octanol–water partition coefficient (Wildman–Crippen LogP) is -0.539. The third kappa shape index (κ3) is 1.33. The molecule has 0 saturated heterocycles. The van der Waals surface area contributed by atoms with E-state index in [0.717, 1.165) is 6.07 Å². The minimum absolute atomic E-state index is 0.196. The largest absolute Gasteiger partial charge is 0.618 e. The van der Waals surface area contributed by atoms with Gasteiger partial charge < -0.3 is 10.4 Å². The SMILES string of the molecule is CC1(C)[N+]([O-])=c2cc(F)c([N+](=O)[O-])cc2=[N+]1[O-]. The zero-order chi connectivity index (χ0) is 13.0. The standard InChI is InChI=1S/C9H8FN3O4/c1-9(2)11(14)7-3-5(10)6(13(16)17)4-8(7)12(9)15/h3-4H,1-2H3. The summed E-state index contributed by atoms with van der Waals surface area (Å²) in [5, 5.41) is 33.6. The summed E-state index contributed by atoms with van der Waals surface area (Å²) < 4.78 is 14.0. The Hall–Kier alpha value is -2.25. The van der Waals surface area contributed by atoms with Crippen LogP contribution in [-0.2, 0) is 0 Å². The first kappa shape index (κ1) is 11.2. The summed E-state index contributed by atoms with van der Waals surface area (Å²) in [7, 11) is 0. The Bertz CT molecular complexity index is 653. The highest BCUT2D eigenvalue weighted by Gasteiger charge is 2.43. The van der Waals surface area contributed by atoms with Gasteiger partial charge in [0.15, 0.2) is 0 Å². The normalized spacial score (nSPS) is 17.1. The van der Waals surface area contributed by atoms with Gasteiger partial charge in [0.25, 0.3) is 10.7 Å². The fourth-order valence-electron chi connectivity index (χ4n) is 1.68. The molecule has 2 rings (SSSR count). The molecule has 17 heavy (non-hydrogen) atoms. The van der Waals surface area contributed by atoms with Gasteiger partial charge in [-0.1, -0.05) is 0 Å². The molecular weight excluding hydrogens is 233 g/mol. The van der Waals surface area contributed by atoms with Gasteiger partial charge in [0.2, 0.25) is 5.82 Å². The molecule has 1 aromatic rings. The maximum atomic E-state index is 13.3. The lowest BCUT2D eigenvalue weighted by Gasteiger charge is -2.17. The van der Waals surface area contributed by atoms with Crippen LogP contribution in [0.2, 0.25) is 0 Å². The molecule has 0 unspecified atom stereocenters. The van der Waals surface area contributed by atoms with Crippen molar-refractivity contribution in [2.45, 2.75) is 19.5 Å². The topological polar surface area (TPSA) is 95.3 Å². The summed E-state index contributed by atoms with van der Waals surface area (Å²) >= 11 is 0. The van der Waals surface area contributed by atoms with Crippen LogP contribution in [0.1, 0.15) is 13.8 Å². The minimum Gasteiger partial charge on any atom is -0.618 e. The Labute approximate surface area is 94.0 Å². The molecule has 0 saturated carbocycles. The van der Waals surface area contributed by atoms with Gasteiger partial charge in [-0.3, -0.25) is 10.1 Å². The van der Waals surface area contributed by atoms with Crippen molar-refractivity contribution in [2.75, 3.05) is 0 Å². The molecule has 0 amide bonds. The molecule has 0 bridgehead atoms. The highest BCUT2D eigenvalue weighted by Crippen LogP contribution is 2.13. The fourth-order valence-corrected chi connectivity index (χ4v) is 1.68. The van der Waals surface area contributed by atoms with Crippen molar-refractivity contribution in [1.29, 1.82) is 0 Å². The highest BCUT2D eigenvalue weighted by molar-refractivity contribution is 5.31. The second-order valence-electron chi connectivity index (χ2n) is 4.13. The second-order valence-corrected chi connectivity index (χ2v) is 4.13. The van der Waals surface area contributed by atoms with E-state index in [1.165, 1.54) is 13.8 Å². The zero-order valence-electron chi connectivity index (χ0n) is 9.01. The van der Waals surface area contributed by atoms with Crippen LogP contribution in [0.4, 0.5) is 10.1 Å². The molecule has 1 aliphatic heterocycles. The monoisotopic (exact) mass is 241 g/mol. The first-order chi connectivity index (χ1) is 7.76. The zero-order valence-corrected chi connectivity index (χ0v) is 9.01. The second kappa shape index (κ2) is 3.12. The lowest BCUT2D eigenvalue weighted by atomic mass is 10.3. The molecular formula is C9H8FN3O4. The number of hydroxylamine groups is 2. The molecule has 0 atom stereocenters. The van der Waals surface area contributed by atoms with Crippen LogP contribution in [0.25, 0.3) is 0 Å². The molecule has 8 heteroatoms. The van der Waals surface area contributed by atoms with E-state index in [9.17, 15) is 24.9 Å². The average Bonchev–Trinajstić information content (AvgIpc) is 2.40. The summed E-state index contributed by atoms with van der Waals surface area (Å²) in [5.74, 6) is -1.14. The van der Waals surface area contributed by atoms with E-state index in [0.29, 0.717) is 15.5 Å². The number of hydrogen-bond donors (Lipinski definition) is 0. The van der Waals surface area contributed by atoms with Gasteiger partial charge in [-0.25, -0.2) is 0 Å². The minimum atomic E-state index is -1.44. The number of halogens is 1. The summed E-state index contributed by atoms with van der Waals surface area (Å²) in [6.45, 7) is 2.69. The molecule has 0 spiro atoms. The molecule has 1 aromatic carbocycles. The third-order valence-corrected chi connectivity index (χ3v) is 2.67. The molecule has 1 heterocycles. The molecule has 0 radical (unpaired) electrons. The van der Waals surface area contributed by atoms with Gasteiger partial charge in [-0.15, -0.1) is 9.48 Å². The lowest BCUT2D eigenvalue weighted by molar-refractivity contribution is -0.387. The summed E-state index contributed by atoms with van der Waals surface area (Å²) in [4.78, 5) is 9.58. The predicted molar refractivity (Wildman–Crippen MR) is 55.6 cm³/mol. The number of fused-ring (bicyclic) bond motifs is 1. The van der Waals surface area contributed by atoms with Gasteiger partial charge in [-0.05, 0) is 0 Å². The summed E-state index contributed by atoms with van der Waals surface area (Å²) in [6.07, 6.45) is 0. The number of hydrogen-bond acceptors (Lipinski definition) is 4. The van der Waals surface area contributed by atoms with E-state index in [1.54, 1.807) is 0 Å². The van der Waals surface area contributed by atoms with Crippen LogP contribution in [0.3, 0.4) is 0 Å². The molecule has 0 fully saturated rings. The number of nitrogens with zero attached hydrogens (tertiary/aromatic N) is 3. The summed E-state index contributed by atoms with van der Waals surface area (Å²) in [5.41, 5.74) is -2.26. The van der Waals surface area contributed by atoms with Gasteiger partial charge in [0, 0.05) is 0 Å². The fraction of sp³-hybridized carbons (Fsp3) is 0.333. The van der Waals surface area contributed by atoms with Crippen molar-refractivity contribution in [3.63, 3.8) is 0 Å². The Balaban J connectivity index is 2.95. The number of benzene rings is 1. The van der Waals surface area contributed by atoms with Gasteiger partial charge in [0.05, 0.1) is 30.9 Å². The van der Waals surface area contributed by atoms with E-state index in [4.69, 9.17) is 0 Å². The maximum absolute atomic E-state index is 13.3. The van der Waals surface area contributed by atoms with E-state index in [-0.39, 0.29) is 10.7 Å². The molecule has 0 aromatic heterocycles. The Kier molecular flexibility index (Phi) is 2.07. The van der Waals surface area contributed by atoms with E-state index in [2.05, 4.69) is 0 Å². The molecule has 0 aliphatic carbocycles. The van der Waals surface area contributed by atoms with Crippen molar-refractivity contribution >= 4 is 5.69 Å². The Morgan fingerprint density at radius 3 is 2.18 bits per heavy atom. The lowest BCUT2D eigenvalue weighted by Crippen LogP contribution is -2.46. The molecule has 90 valence electrons. The first-order valence-corrected chi connectivity index (χ1v) is 4.69. The van der Waals surface area contributed by atoms with Crippen molar-refractivity contribution < 1.29 is 9.31 Å². The van der Waals surface area contributed by atoms with Gasteiger partial charge in [0.1, 0.15) is 0 Å². The highest BCUT2D eigenvalue weighted by atomic mass is 19.1. The molecule has 1 aliphatic rings. The molecule has 7 nitrogen and oxygen atoms in total. The van der Waals surface area contributed by atoms with Crippen LogP contribution >= 0.6 is 0 Å². The Morgan fingerprint density at radius 2 is 1.71 bits per heavy atom. The van der Waals surface area contributed by atoms with E-state index >= 15 is 0 Å². The number of nitro groups is 1. The van der Waals surface area contributed by atoms with Crippen LogP contribution in [0, 0.1) is 26.3 Å². The maximum Gasteiger partial charge on any atom is 0.366 e. The average molecular weight is 241 g/mol. The van der Waals surface area contributed by atoms with E-state index in [1.807, 2.05) is 0 Å². The van der Waals surface area contributed by atoms with Crippen molar-refractivity contribution in [3.05, 3.63) is 49.2 Å². The first-order valence-electron chi connectivity index (χ1n) is 4.69. The van der Waals surface area contributed by atoms with E-state index < -0.39 is 22.1 Å². The number of nitro benzene ring substituents is 1. The van der Waals surface area contributed by atoms with Crippen molar-refractivity contribution in [3.8, 4) is 0 Å². The Morgan fingerprint density at radius 1 is 1.24 bits per heavy atom. The summed E-state index contributed by atoms with van der Waals surface area (Å²) in [6, 6.07) is 1.48. The van der Waals surface area contributed by atoms with Crippen LogP contribution in [0.5, 0.6) is 0 Å². The van der Waals surface area contributed by atoms with Crippen LogP contribution in [-0.4, -0.2) is 10.6 Å². The van der Waals surface area contributed by atoms with Gasteiger partial charge >= 0.3 is 11.4 Å². The number of rotatable bonds is 1. The molecule has 0 N–H and O–H groups in total. The van der Waals surface area contributed by atoms with Crippen LogP contribution < -0.4 is 20.2 Å². The van der Waals surface area contributed by atoms with Crippen LogP contribution in [0.15, 0.2) is 12.1 Å². The van der Waals surface area contributed by atoms with Crippen molar-refractivity contribution in [1.82, 2.24) is 9.48 Å². The smallest absolute Gasteiger partial charge is 0.366 e. The van der Waals surface area contributed by atoms with Gasteiger partial charge in [-0.2, -0.15) is 4.39 Å².